The lowest BCUT2D eigenvalue weighted by Crippen LogP contribution is -2.33. The molecule has 0 bridgehead atoms. The van der Waals surface area contributed by atoms with E-state index in [4.69, 9.17) is 26.2 Å². The van der Waals surface area contributed by atoms with E-state index in [1.54, 1.807) is 6.08 Å². The number of aryl methyl sites for hydroxylation is 1. The number of nitrogens with zero attached hydrogens (tertiary/aromatic N) is 2. The van der Waals surface area contributed by atoms with Gasteiger partial charge in [-0.15, -0.1) is 0 Å². The summed E-state index contributed by atoms with van der Waals surface area (Å²) in [4.78, 5) is 0. The molecule has 0 radical (unpaired) electrons. The summed E-state index contributed by atoms with van der Waals surface area (Å²) in [5, 5.41) is 7.77. The molecule has 3 aromatic carbocycles. The highest BCUT2D eigenvalue weighted by atomic mass is 35.5. The molecule has 2 aliphatic heterocycles. The van der Waals surface area contributed by atoms with Crippen LogP contribution in [0.5, 0.6) is 11.5 Å². The number of halogens is 1. The van der Waals surface area contributed by atoms with Crippen LogP contribution in [0.2, 0.25) is 5.02 Å². The molecule has 0 saturated heterocycles. The van der Waals surface area contributed by atoms with Crippen LogP contribution >= 0.6 is 11.6 Å². The van der Waals surface area contributed by atoms with Crippen LogP contribution in [0.15, 0.2) is 84.5 Å². The van der Waals surface area contributed by atoms with Crippen molar-refractivity contribution in [2.45, 2.75) is 25.6 Å². The van der Waals surface area contributed by atoms with E-state index in [1.807, 2.05) is 42.5 Å². The van der Waals surface area contributed by atoms with Crippen molar-refractivity contribution < 1.29 is 9.47 Å². The van der Waals surface area contributed by atoms with Gasteiger partial charge in [-0.05, 0) is 55.0 Å². The molecule has 0 amide bonds. The summed E-state index contributed by atoms with van der Waals surface area (Å²) in [6.07, 6.45) is 2.21. The predicted molar refractivity (Wildman–Crippen MR) is 124 cm³/mol. The van der Waals surface area contributed by atoms with Crippen LogP contribution in [0.4, 0.5) is 0 Å². The fourth-order valence-corrected chi connectivity index (χ4v) is 4.26. The van der Waals surface area contributed by atoms with E-state index >= 15 is 0 Å². The second-order valence-electron chi connectivity index (χ2n) is 7.83. The maximum Gasteiger partial charge on any atom is 0.213 e. The van der Waals surface area contributed by atoms with E-state index in [2.05, 4.69) is 42.8 Å². The summed E-state index contributed by atoms with van der Waals surface area (Å²) in [6.45, 7) is 6.26. The van der Waals surface area contributed by atoms with Gasteiger partial charge >= 0.3 is 0 Å². The average molecular weight is 431 g/mol. The van der Waals surface area contributed by atoms with Crippen molar-refractivity contribution in [3.63, 3.8) is 0 Å². The summed E-state index contributed by atoms with van der Waals surface area (Å²) in [5.41, 5.74) is 5.51. The molecule has 0 aromatic heterocycles. The molecular weight excluding hydrogens is 408 g/mol. The molecule has 0 fully saturated rings. The lowest BCUT2D eigenvalue weighted by molar-refractivity contribution is -0.0190. The first-order valence-corrected chi connectivity index (χ1v) is 10.7. The van der Waals surface area contributed by atoms with Gasteiger partial charge in [-0.25, -0.2) is 5.01 Å². The Bertz CT molecular complexity index is 1140. The number of hydrazone groups is 1. The maximum absolute atomic E-state index is 6.41. The highest BCUT2D eigenvalue weighted by Crippen LogP contribution is 2.48. The van der Waals surface area contributed by atoms with E-state index in [0.717, 1.165) is 40.3 Å². The number of rotatable bonds is 5. The SMILES string of the molecule is C=CCOc1ccc([C@H]2Oc3ccc(Cl)cc3[C@H]3CC(c4ccc(C)cc4)=NN32)cc1. The number of benzene rings is 3. The normalized spacial score (nSPS) is 19.2. The first-order valence-electron chi connectivity index (χ1n) is 10.3. The highest BCUT2D eigenvalue weighted by Gasteiger charge is 2.41. The largest absolute Gasteiger partial charge is 0.490 e. The number of fused-ring (bicyclic) bond motifs is 3. The van der Waals surface area contributed by atoms with Crippen LogP contribution in [0.1, 0.15) is 40.9 Å². The molecule has 0 saturated carbocycles. The molecule has 0 N–H and O–H groups in total. The van der Waals surface area contributed by atoms with Crippen molar-refractivity contribution in [1.82, 2.24) is 5.01 Å². The minimum absolute atomic E-state index is 0.0699. The van der Waals surface area contributed by atoms with Crippen molar-refractivity contribution in [3.05, 3.63) is 107 Å². The third kappa shape index (κ3) is 3.79. The Morgan fingerprint density at radius 3 is 2.65 bits per heavy atom. The van der Waals surface area contributed by atoms with Gasteiger partial charge in [-0.2, -0.15) is 5.10 Å². The zero-order chi connectivity index (χ0) is 21.4. The summed E-state index contributed by atoms with van der Waals surface area (Å²) >= 11 is 6.32. The summed E-state index contributed by atoms with van der Waals surface area (Å²) < 4.78 is 12.0. The Hall–Kier alpha value is -3.24. The molecule has 156 valence electrons. The van der Waals surface area contributed by atoms with Gasteiger partial charge < -0.3 is 9.47 Å². The number of hydrogen-bond acceptors (Lipinski definition) is 4. The van der Waals surface area contributed by atoms with Gasteiger partial charge in [0.1, 0.15) is 18.1 Å². The third-order valence-electron chi connectivity index (χ3n) is 5.67. The van der Waals surface area contributed by atoms with Gasteiger partial charge in [0.2, 0.25) is 6.23 Å². The van der Waals surface area contributed by atoms with E-state index in [-0.39, 0.29) is 12.3 Å². The van der Waals surface area contributed by atoms with Crippen LogP contribution in [0.3, 0.4) is 0 Å². The van der Waals surface area contributed by atoms with Crippen molar-refractivity contribution in [2.24, 2.45) is 5.10 Å². The van der Waals surface area contributed by atoms with Crippen LogP contribution in [-0.4, -0.2) is 17.3 Å². The van der Waals surface area contributed by atoms with E-state index < -0.39 is 0 Å². The maximum atomic E-state index is 6.41. The summed E-state index contributed by atoms with van der Waals surface area (Å²) in [5.74, 6) is 1.65. The van der Waals surface area contributed by atoms with Crippen molar-refractivity contribution in [1.29, 1.82) is 0 Å². The topological polar surface area (TPSA) is 34.1 Å². The molecule has 31 heavy (non-hydrogen) atoms. The molecule has 0 aliphatic carbocycles. The van der Waals surface area contributed by atoms with Crippen LogP contribution in [0, 0.1) is 6.92 Å². The molecule has 5 heteroatoms. The molecule has 5 rings (SSSR count). The van der Waals surface area contributed by atoms with Gasteiger partial charge in [0.25, 0.3) is 0 Å². The van der Waals surface area contributed by atoms with Gasteiger partial charge in [0, 0.05) is 22.6 Å². The molecule has 2 aliphatic rings. The third-order valence-corrected chi connectivity index (χ3v) is 5.90. The fourth-order valence-electron chi connectivity index (χ4n) is 4.08. The van der Waals surface area contributed by atoms with Crippen molar-refractivity contribution >= 4 is 17.3 Å². The first kappa shape index (κ1) is 19.7. The minimum atomic E-state index is -0.324. The Labute approximate surface area is 187 Å². The van der Waals surface area contributed by atoms with E-state index in [9.17, 15) is 0 Å². The standard InChI is InChI=1S/C26H23ClN2O2/c1-3-14-30-21-11-8-19(9-12-21)26-29-24(22-15-20(27)10-13-25(22)31-26)16-23(28-29)18-6-4-17(2)5-7-18/h3-13,15,24,26H,1,14,16H2,2H3/t24-,26-/m1/s1. The Morgan fingerprint density at radius 2 is 1.90 bits per heavy atom. The Balaban J connectivity index is 1.52. The van der Waals surface area contributed by atoms with Gasteiger partial charge in [0.05, 0.1) is 11.8 Å². The van der Waals surface area contributed by atoms with E-state index in [1.165, 1.54) is 5.56 Å². The molecule has 2 heterocycles. The molecule has 4 nitrogen and oxygen atoms in total. The monoisotopic (exact) mass is 430 g/mol. The van der Waals surface area contributed by atoms with Crippen LogP contribution in [0.25, 0.3) is 0 Å². The van der Waals surface area contributed by atoms with Gasteiger partial charge in [-0.1, -0.05) is 54.1 Å². The molecular formula is C26H23ClN2O2. The van der Waals surface area contributed by atoms with Crippen molar-refractivity contribution in [3.8, 4) is 11.5 Å². The zero-order valence-electron chi connectivity index (χ0n) is 17.3. The second-order valence-corrected chi connectivity index (χ2v) is 8.27. The van der Waals surface area contributed by atoms with Crippen LogP contribution < -0.4 is 9.47 Å². The number of hydrogen-bond donors (Lipinski definition) is 0. The molecule has 3 aromatic rings. The van der Waals surface area contributed by atoms with Gasteiger partial charge in [0.15, 0.2) is 0 Å². The zero-order valence-corrected chi connectivity index (χ0v) is 18.0. The Kier molecular flexibility index (Phi) is 5.16. The highest BCUT2D eigenvalue weighted by molar-refractivity contribution is 6.30. The predicted octanol–water partition coefficient (Wildman–Crippen LogP) is 6.46. The first-order chi connectivity index (χ1) is 15.1. The lowest BCUT2D eigenvalue weighted by atomic mass is 9.95. The quantitative estimate of drug-likeness (QED) is 0.436. The van der Waals surface area contributed by atoms with E-state index in [0.29, 0.717) is 11.6 Å². The summed E-state index contributed by atoms with van der Waals surface area (Å²) in [6, 6.07) is 22.4. The molecule has 2 atom stereocenters. The number of ether oxygens (including phenoxy) is 2. The van der Waals surface area contributed by atoms with Gasteiger partial charge in [-0.3, -0.25) is 0 Å². The lowest BCUT2D eigenvalue weighted by Gasteiger charge is -2.38. The molecule has 0 spiro atoms. The molecule has 0 unspecified atom stereocenters. The second kappa shape index (κ2) is 8.12. The van der Waals surface area contributed by atoms with Crippen LogP contribution in [-0.2, 0) is 0 Å². The Morgan fingerprint density at radius 1 is 1.13 bits per heavy atom. The minimum Gasteiger partial charge on any atom is -0.490 e. The fraction of sp³-hybridized carbons (Fsp3) is 0.192. The summed E-state index contributed by atoms with van der Waals surface area (Å²) in [7, 11) is 0. The average Bonchev–Trinajstić information content (AvgIpc) is 3.24. The van der Waals surface area contributed by atoms with Crippen molar-refractivity contribution in [2.75, 3.05) is 6.61 Å². The smallest absolute Gasteiger partial charge is 0.213 e.